The second kappa shape index (κ2) is 5.95. The lowest BCUT2D eigenvalue weighted by molar-refractivity contribution is -0.145. The molecule has 1 aromatic rings. The lowest BCUT2D eigenvalue weighted by atomic mass is 10.00. The normalized spacial score (nSPS) is 18.6. The van der Waals surface area contributed by atoms with Gasteiger partial charge in [0.15, 0.2) is 5.82 Å². The van der Waals surface area contributed by atoms with E-state index < -0.39 is 5.92 Å². The Morgan fingerprint density at radius 1 is 1.50 bits per heavy atom. The van der Waals surface area contributed by atoms with Gasteiger partial charge >= 0.3 is 5.97 Å². The van der Waals surface area contributed by atoms with Crippen molar-refractivity contribution >= 4 is 5.97 Å². The zero-order valence-corrected chi connectivity index (χ0v) is 10.7. The third-order valence-corrected chi connectivity index (χ3v) is 3.05. The molecule has 1 unspecified atom stereocenters. The van der Waals surface area contributed by atoms with Gasteiger partial charge in [0.05, 0.1) is 6.61 Å². The summed E-state index contributed by atoms with van der Waals surface area (Å²) in [4.78, 5) is 15.9. The molecule has 6 nitrogen and oxygen atoms in total. The van der Waals surface area contributed by atoms with Gasteiger partial charge in [0.1, 0.15) is 5.92 Å². The van der Waals surface area contributed by atoms with Crippen molar-refractivity contribution in [2.75, 3.05) is 19.8 Å². The third-order valence-electron chi connectivity index (χ3n) is 3.05. The van der Waals surface area contributed by atoms with Gasteiger partial charge in [-0.15, -0.1) is 0 Å². The highest BCUT2D eigenvalue weighted by molar-refractivity contribution is 5.76. The first kappa shape index (κ1) is 13.0. The molecule has 1 aliphatic heterocycles. The van der Waals surface area contributed by atoms with Crippen molar-refractivity contribution in [2.24, 2.45) is 0 Å². The molecule has 18 heavy (non-hydrogen) atoms. The molecule has 1 aliphatic rings. The molecule has 1 saturated heterocycles. The summed E-state index contributed by atoms with van der Waals surface area (Å²) >= 11 is 0. The van der Waals surface area contributed by atoms with Crippen LogP contribution in [-0.2, 0) is 14.3 Å². The van der Waals surface area contributed by atoms with Gasteiger partial charge in [-0.05, 0) is 26.7 Å². The van der Waals surface area contributed by atoms with E-state index in [0.717, 1.165) is 26.1 Å². The van der Waals surface area contributed by atoms with Gasteiger partial charge in [-0.1, -0.05) is 5.16 Å². The quantitative estimate of drug-likeness (QED) is 0.760. The molecule has 2 heterocycles. The lowest BCUT2D eigenvalue weighted by Crippen LogP contribution is -2.16. The molecule has 0 aliphatic carbocycles. The standard InChI is InChI=1S/C12H18N2O4/c1-3-17-12(15)8(2)11-13-10(14-18-11)9-4-6-16-7-5-9/h8-9H,3-7H2,1-2H3. The van der Waals surface area contributed by atoms with E-state index in [-0.39, 0.29) is 11.9 Å². The van der Waals surface area contributed by atoms with E-state index in [1.54, 1.807) is 13.8 Å². The van der Waals surface area contributed by atoms with E-state index >= 15 is 0 Å². The van der Waals surface area contributed by atoms with Crippen LogP contribution >= 0.6 is 0 Å². The number of carbonyl (C=O) groups is 1. The number of aromatic nitrogens is 2. The predicted molar refractivity (Wildman–Crippen MR) is 62.1 cm³/mol. The van der Waals surface area contributed by atoms with Gasteiger partial charge in [-0.3, -0.25) is 4.79 Å². The first-order valence-corrected chi connectivity index (χ1v) is 6.30. The van der Waals surface area contributed by atoms with Crippen LogP contribution in [0.3, 0.4) is 0 Å². The largest absolute Gasteiger partial charge is 0.465 e. The smallest absolute Gasteiger partial charge is 0.318 e. The Morgan fingerprint density at radius 2 is 2.22 bits per heavy atom. The van der Waals surface area contributed by atoms with Gasteiger partial charge in [0.2, 0.25) is 5.89 Å². The van der Waals surface area contributed by atoms with Gasteiger partial charge < -0.3 is 14.0 Å². The van der Waals surface area contributed by atoms with Crippen LogP contribution in [0.25, 0.3) is 0 Å². The zero-order chi connectivity index (χ0) is 13.0. The monoisotopic (exact) mass is 254 g/mol. The Labute approximate surface area is 106 Å². The summed E-state index contributed by atoms with van der Waals surface area (Å²) in [6, 6.07) is 0. The molecule has 0 bridgehead atoms. The van der Waals surface area contributed by atoms with Gasteiger partial charge in [-0.25, -0.2) is 0 Å². The number of rotatable bonds is 4. The van der Waals surface area contributed by atoms with E-state index in [4.69, 9.17) is 14.0 Å². The molecule has 0 aromatic carbocycles. The predicted octanol–water partition coefficient (Wildman–Crippen LogP) is 1.63. The summed E-state index contributed by atoms with van der Waals surface area (Å²) < 4.78 is 15.4. The highest BCUT2D eigenvalue weighted by atomic mass is 16.5. The summed E-state index contributed by atoms with van der Waals surface area (Å²) in [7, 11) is 0. The summed E-state index contributed by atoms with van der Waals surface area (Å²) in [6.07, 6.45) is 1.79. The average molecular weight is 254 g/mol. The minimum absolute atomic E-state index is 0.269. The van der Waals surface area contributed by atoms with E-state index in [1.165, 1.54) is 0 Å². The van der Waals surface area contributed by atoms with Crippen LogP contribution in [0, 0.1) is 0 Å². The van der Waals surface area contributed by atoms with Gasteiger partial charge in [0.25, 0.3) is 0 Å². The van der Waals surface area contributed by atoms with Crippen LogP contribution in [0.1, 0.15) is 50.2 Å². The number of esters is 1. The number of hydrogen-bond acceptors (Lipinski definition) is 6. The summed E-state index contributed by atoms with van der Waals surface area (Å²) in [5.41, 5.74) is 0. The maximum atomic E-state index is 11.6. The molecule has 0 saturated carbocycles. The lowest BCUT2D eigenvalue weighted by Gasteiger charge is -2.18. The fourth-order valence-electron chi connectivity index (χ4n) is 1.91. The molecule has 0 radical (unpaired) electrons. The fraction of sp³-hybridized carbons (Fsp3) is 0.750. The van der Waals surface area contributed by atoms with E-state index in [9.17, 15) is 4.79 Å². The van der Waals surface area contributed by atoms with E-state index in [0.29, 0.717) is 18.3 Å². The van der Waals surface area contributed by atoms with E-state index in [2.05, 4.69) is 10.1 Å². The van der Waals surface area contributed by atoms with Crippen LogP contribution in [0.5, 0.6) is 0 Å². The Bertz CT molecular complexity index is 399. The molecule has 0 amide bonds. The molecule has 1 atom stereocenters. The van der Waals surface area contributed by atoms with Crippen molar-refractivity contribution in [3.63, 3.8) is 0 Å². The topological polar surface area (TPSA) is 74.5 Å². The van der Waals surface area contributed by atoms with Crippen molar-refractivity contribution < 1.29 is 18.8 Å². The minimum Gasteiger partial charge on any atom is -0.465 e. The van der Waals surface area contributed by atoms with Gasteiger partial charge in [-0.2, -0.15) is 4.98 Å². The van der Waals surface area contributed by atoms with Crippen molar-refractivity contribution in [1.82, 2.24) is 10.1 Å². The molecule has 2 rings (SSSR count). The second-order valence-electron chi connectivity index (χ2n) is 4.35. The van der Waals surface area contributed by atoms with Crippen molar-refractivity contribution in [3.8, 4) is 0 Å². The first-order chi connectivity index (χ1) is 8.72. The molecule has 6 heteroatoms. The zero-order valence-electron chi connectivity index (χ0n) is 10.7. The number of carbonyl (C=O) groups excluding carboxylic acids is 1. The summed E-state index contributed by atoms with van der Waals surface area (Å²) in [6.45, 7) is 5.28. The van der Waals surface area contributed by atoms with Crippen LogP contribution in [0.4, 0.5) is 0 Å². The van der Waals surface area contributed by atoms with Crippen LogP contribution in [0.2, 0.25) is 0 Å². The highest BCUT2D eigenvalue weighted by Gasteiger charge is 2.26. The molecule has 1 aromatic heterocycles. The summed E-state index contributed by atoms with van der Waals surface area (Å²) in [5, 5.41) is 3.95. The van der Waals surface area contributed by atoms with Gasteiger partial charge in [0, 0.05) is 19.1 Å². The molecule has 0 N–H and O–H groups in total. The number of ether oxygens (including phenoxy) is 2. The Hall–Kier alpha value is -1.43. The van der Waals surface area contributed by atoms with Crippen molar-refractivity contribution in [2.45, 2.75) is 38.5 Å². The third kappa shape index (κ3) is 2.87. The van der Waals surface area contributed by atoms with Crippen LogP contribution in [0.15, 0.2) is 4.52 Å². The highest BCUT2D eigenvalue weighted by Crippen LogP contribution is 2.26. The first-order valence-electron chi connectivity index (χ1n) is 6.30. The SMILES string of the molecule is CCOC(=O)C(C)c1nc(C2CCOCC2)no1. The average Bonchev–Trinajstić information content (AvgIpc) is 2.89. The van der Waals surface area contributed by atoms with Crippen molar-refractivity contribution in [3.05, 3.63) is 11.7 Å². The molecule has 0 spiro atoms. The Balaban J connectivity index is 2.02. The maximum absolute atomic E-state index is 11.6. The molecular weight excluding hydrogens is 236 g/mol. The van der Waals surface area contributed by atoms with Crippen molar-refractivity contribution in [1.29, 1.82) is 0 Å². The number of hydrogen-bond donors (Lipinski definition) is 0. The molecule has 1 fully saturated rings. The maximum Gasteiger partial charge on any atom is 0.318 e. The molecule has 100 valence electrons. The fourth-order valence-corrected chi connectivity index (χ4v) is 1.91. The van der Waals surface area contributed by atoms with Crippen LogP contribution < -0.4 is 0 Å². The Morgan fingerprint density at radius 3 is 2.89 bits per heavy atom. The minimum atomic E-state index is -0.508. The van der Waals surface area contributed by atoms with E-state index in [1.807, 2.05) is 0 Å². The Kier molecular flexibility index (Phi) is 4.30. The van der Waals surface area contributed by atoms with Crippen LogP contribution in [-0.4, -0.2) is 35.9 Å². The second-order valence-corrected chi connectivity index (χ2v) is 4.35. The molecular formula is C12H18N2O4. The number of nitrogens with zero attached hydrogens (tertiary/aromatic N) is 2. The summed E-state index contributed by atoms with van der Waals surface area (Å²) in [5.74, 6) is 0.427.